The number of benzene rings is 1. The van der Waals surface area contributed by atoms with Crippen molar-refractivity contribution in [2.75, 3.05) is 23.4 Å². The van der Waals surface area contributed by atoms with Gasteiger partial charge < -0.3 is 15.0 Å². The van der Waals surface area contributed by atoms with E-state index in [1.807, 2.05) is 44.2 Å². The van der Waals surface area contributed by atoms with Gasteiger partial charge in [-0.05, 0) is 55.8 Å². The van der Waals surface area contributed by atoms with Crippen molar-refractivity contribution in [3.8, 4) is 5.75 Å². The molecule has 1 aromatic heterocycles. The third-order valence-electron chi connectivity index (χ3n) is 4.12. The predicted octanol–water partition coefficient (Wildman–Crippen LogP) is 2.78. The number of ether oxygens (including phenoxy) is 1. The number of aryl methyl sites for hydroxylation is 1. The molecule has 1 unspecified atom stereocenters. The lowest BCUT2D eigenvalue weighted by Gasteiger charge is -2.17. The standard InChI is InChI=1S/C19H21N3O3/c1-3-25-16-6-4-15(5-7-16)22-12-14(11-18(22)23)19(24)21-17-10-13(2)8-9-20-17/h4-10,14H,3,11-12H2,1-2H3,(H,20,21,24). The molecule has 0 aliphatic carbocycles. The van der Waals surface area contributed by atoms with Gasteiger partial charge in [-0.1, -0.05) is 0 Å². The number of rotatable bonds is 5. The van der Waals surface area contributed by atoms with Crippen LogP contribution in [0.5, 0.6) is 5.75 Å². The second kappa shape index (κ2) is 7.34. The van der Waals surface area contributed by atoms with Crippen LogP contribution in [0.1, 0.15) is 18.9 Å². The molecule has 0 spiro atoms. The van der Waals surface area contributed by atoms with E-state index in [0.717, 1.165) is 17.0 Å². The maximum Gasteiger partial charge on any atom is 0.230 e. The summed E-state index contributed by atoms with van der Waals surface area (Å²) in [5.74, 6) is 0.650. The molecule has 25 heavy (non-hydrogen) atoms. The van der Waals surface area contributed by atoms with Crippen molar-refractivity contribution in [3.05, 3.63) is 48.2 Å². The Balaban J connectivity index is 1.66. The third kappa shape index (κ3) is 3.96. The van der Waals surface area contributed by atoms with E-state index in [2.05, 4.69) is 10.3 Å². The number of amides is 2. The van der Waals surface area contributed by atoms with E-state index in [-0.39, 0.29) is 24.2 Å². The average molecular weight is 339 g/mol. The number of nitrogens with zero attached hydrogens (tertiary/aromatic N) is 2. The summed E-state index contributed by atoms with van der Waals surface area (Å²) in [4.78, 5) is 30.5. The van der Waals surface area contributed by atoms with Crippen LogP contribution >= 0.6 is 0 Å². The number of hydrogen-bond donors (Lipinski definition) is 1. The zero-order valence-corrected chi connectivity index (χ0v) is 14.4. The van der Waals surface area contributed by atoms with Gasteiger partial charge in [0.15, 0.2) is 0 Å². The van der Waals surface area contributed by atoms with Crippen molar-refractivity contribution in [1.29, 1.82) is 0 Å². The van der Waals surface area contributed by atoms with E-state index in [1.54, 1.807) is 17.2 Å². The quantitative estimate of drug-likeness (QED) is 0.909. The van der Waals surface area contributed by atoms with Gasteiger partial charge in [-0.15, -0.1) is 0 Å². The first-order chi connectivity index (χ1) is 12.1. The van der Waals surface area contributed by atoms with E-state index in [0.29, 0.717) is 19.0 Å². The summed E-state index contributed by atoms with van der Waals surface area (Å²) in [6.45, 7) is 4.82. The summed E-state index contributed by atoms with van der Waals surface area (Å²) < 4.78 is 5.41. The minimum Gasteiger partial charge on any atom is -0.494 e. The molecule has 1 fully saturated rings. The number of aromatic nitrogens is 1. The maximum atomic E-state index is 12.4. The van der Waals surface area contributed by atoms with Gasteiger partial charge in [0.2, 0.25) is 11.8 Å². The Bertz CT molecular complexity index is 774. The molecule has 1 aromatic carbocycles. The molecule has 6 nitrogen and oxygen atoms in total. The Hall–Kier alpha value is -2.89. The highest BCUT2D eigenvalue weighted by molar-refractivity contribution is 6.03. The molecule has 1 N–H and O–H groups in total. The van der Waals surface area contributed by atoms with E-state index in [1.165, 1.54) is 0 Å². The summed E-state index contributed by atoms with van der Waals surface area (Å²) in [6, 6.07) is 11.0. The molecular weight excluding hydrogens is 318 g/mol. The molecule has 0 radical (unpaired) electrons. The zero-order chi connectivity index (χ0) is 17.8. The number of anilines is 2. The van der Waals surface area contributed by atoms with Crippen LogP contribution in [-0.2, 0) is 9.59 Å². The van der Waals surface area contributed by atoms with Crippen LogP contribution in [-0.4, -0.2) is 29.9 Å². The first-order valence-corrected chi connectivity index (χ1v) is 8.33. The van der Waals surface area contributed by atoms with Crippen molar-refractivity contribution >= 4 is 23.3 Å². The fraction of sp³-hybridized carbons (Fsp3) is 0.316. The number of pyridine rings is 1. The van der Waals surface area contributed by atoms with Crippen molar-refractivity contribution in [1.82, 2.24) is 4.98 Å². The van der Waals surface area contributed by atoms with Crippen LogP contribution in [0, 0.1) is 12.8 Å². The molecule has 1 aliphatic heterocycles. The zero-order valence-electron chi connectivity index (χ0n) is 14.4. The smallest absolute Gasteiger partial charge is 0.230 e. The molecule has 0 bridgehead atoms. The molecule has 6 heteroatoms. The molecule has 2 amide bonds. The van der Waals surface area contributed by atoms with E-state index in [4.69, 9.17) is 4.74 Å². The monoisotopic (exact) mass is 339 g/mol. The van der Waals surface area contributed by atoms with Crippen LogP contribution in [0.2, 0.25) is 0 Å². The lowest BCUT2D eigenvalue weighted by atomic mass is 10.1. The van der Waals surface area contributed by atoms with Crippen LogP contribution < -0.4 is 15.0 Å². The Morgan fingerprint density at radius 2 is 2.08 bits per heavy atom. The van der Waals surface area contributed by atoms with Crippen LogP contribution in [0.4, 0.5) is 11.5 Å². The number of hydrogen-bond acceptors (Lipinski definition) is 4. The molecule has 130 valence electrons. The summed E-state index contributed by atoms with van der Waals surface area (Å²) in [7, 11) is 0. The molecular formula is C19H21N3O3. The van der Waals surface area contributed by atoms with Gasteiger partial charge in [-0.25, -0.2) is 4.98 Å². The van der Waals surface area contributed by atoms with Gasteiger partial charge in [0, 0.05) is 24.8 Å². The van der Waals surface area contributed by atoms with E-state index < -0.39 is 0 Å². The molecule has 2 aromatic rings. The SMILES string of the molecule is CCOc1ccc(N2CC(C(=O)Nc3cc(C)ccn3)CC2=O)cc1. The molecule has 2 heterocycles. The van der Waals surface area contributed by atoms with Crippen LogP contribution in [0.25, 0.3) is 0 Å². The second-order valence-corrected chi connectivity index (χ2v) is 6.04. The summed E-state index contributed by atoms with van der Waals surface area (Å²) in [5.41, 5.74) is 1.79. The van der Waals surface area contributed by atoms with Crippen LogP contribution in [0.3, 0.4) is 0 Å². The molecule has 1 aliphatic rings. The minimum absolute atomic E-state index is 0.0542. The van der Waals surface area contributed by atoms with Crippen LogP contribution in [0.15, 0.2) is 42.6 Å². The summed E-state index contributed by atoms with van der Waals surface area (Å²) >= 11 is 0. The summed E-state index contributed by atoms with van der Waals surface area (Å²) in [6.07, 6.45) is 1.85. The topological polar surface area (TPSA) is 71.5 Å². The van der Waals surface area contributed by atoms with Gasteiger partial charge in [0.25, 0.3) is 0 Å². The van der Waals surface area contributed by atoms with E-state index >= 15 is 0 Å². The number of carbonyl (C=O) groups is 2. The fourth-order valence-corrected chi connectivity index (χ4v) is 2.85. The lowest BCUT2D eigenvalue weighted by molar-refractivity contribution is -0.122. The third-order valence-corrected chi connectivity index (χ3v) is 4.12. The highest BCUT2D eigenvalue weighted by atomic mass is 16.5. The van der Waals surface area contributed by atoms with Gasteiger partial charge >= 0.3 is 0 Å². The molecule has 3 rings (SSSR count). The van der Waals surface area contributed by atoms with Gasteiger partial charge in [-0.3, -0.25) is 9.59 Å². The highest BCUT2D eigenvalue weighted by Crippen LogP contribution is 2.27. The van der Waals surface area contributed by atoms with Crippen molar-refractivity contribution in [2.45, 2.75) is 20.3 Å². The van der Waals surface area contributed by atoms with Crippen molar-refractivity contribution in [2.24, 2.45) is 5.92 Å². The lowest BCUT2D eigenvalue weighted by Crippen LogP contribution is -2.28. The largest absolute Gasteiger partial charge is 0.494 e. The highest BCUT2D eigenvalue weighted by Gasteiger charge is 2.35. The van der Waals surface area contributed by atoms with Gasteiger partial charge in [0.05, 0.1) is 12.5 Å². The first-order valence-electron chi connectivity index (χ1n) is 8.33. The van der Waals surface area contributed by atoms with Crippen molar-refractivity contribution in [3.63, 3.8) is 0 Å². The molecule has 1 atom stereocenters. The Morgan fingerprint density at radius 3 is 2.76 bits per heavy atom. The average Bonchev–Trinajstić information content (AvgIpc) is 2.98. The van der Waals surface area contributed by atoms with Gasteiger partial charge in [-0.2, -0.15) is 0 Å². The first kappa shape index (κ1) is 17.0. The normalized spacial score (nSPS) is 16.8. The minimum atomic E-state index is -0.388. The Kier molecular flexibility index (Phi) is 4.97. The summed E-state index contributed by atoms with van der Waals surface area (Å²) in [5, 5.41) is 2.79. The van der Waals surface area contributed by atoms with Gasteiger partial charge in [0.1, 0.15) is 11.6 Å². The van der Waals surface area contributed by atoms with E-state index in [9.17, 15) is 9.59 Å². The second-order valence-electron chi connectivity index (χ2n) is 6.04. The number of carbonyl (C=O) groups excluding carboxylic acids is 2. The van der Waals surface area contributed by atoms with Crippen molar-refractivity contribution < 1.29 is 14.3 Å². The Labute approximate surface area is 146 Å². The fourth-order valence-electron chi connectivity index (χ4n) is 2.85. The molecule has 0 saturated carbocycles. The number of nitrogens with one attached hydrogen (secondary N) is 1. The Morgan fingerprint density at radius 1 is 1.32 bits per heavy atom. The predicted molar refractivity (Wildman–Crippen MR) is 95.7 cm³/mol. The maximum absolute atomic E-state index is 12.4. The molecule has 1 saturated heterocycles.